The van der Waals surface area contributed by atoms with Crippen LogP contribution in [0.1, 0.15) is 24.1 Å². The maximum atomic E-state index is 6.25. The van der Waals surface area contributed by atoms with E-state index in [4.69, 9.17) is 23.2 Å². The first-order valence-corrected chi connectivity index (χ1v) is 7.66. The molecule has 2 aromatic rings. The summed E-state index contributed by atoms with van der Waals surface area (Å²) in [5.74, 6) is 0. The lowest BCUT2D eigenvalue weighted by molar-refractivity contribution is 0.402. The van der Waals surface area contributed by atoms with Crippen LogP contribution in [0.25, 0.3) is 0 Å². The summed E-state index contributed by atoms with van der Waals surface area (Å²) < 4.78 is 0. The number of anilines is 1. The van der Waals surface area contributed by atoms with Gasteiger partial charge in [-0.25, -0.2) is 0 Å². The van der Waals surface area contributed by atoms with Crippen molar-refractivity contribution < 1.29 is 0 Å². The van der Waals surface area contributed by atoms with Gasteiger partial charge in [0.05, 0.1) is 6.04 Å². The van der Waals surface area contributed by atoms with Gasteiger partial charge >= 0.3 is 0 Å². The van der Waals surface area contributed by atoms with E-state index in [0.29, 0.717) is 5.02 Å². The SMILES string of the molecule is CC(Nc1cccc(CN(C)C)c1)c1cc(Cl)ccc1Cl. The second kappa shape index (κ2) is 7.17. The van der Waals surface area contributed by atoms with E-state index in [1.807, 2.05) is 12.1 Å². The molecule has 0 aliphatic heterocycles. The zero-order valence-electron chi connectivity index (χ0n) is 12.5. The van der Waals surface area contributed by atoms with Crippen LogP contribution in [0.3, 0.4) is 0 Å². The van der Waals surface area contributed by atoms with Gasteiger partial charge in [0.15, 0.2) is 0 Å². The number of hydrogen-bond acceptors (Lipinski definition) is 2. The molecule has 0 saturated carbocycles. The molecule has 1 unspecified atom stereocenters. The van der Waals surface area contributed by atoms with Crippen LogP contribution < -0.4 is 5.32 Å². The van der Waals surface area contributed by atoms with Gasteiger partial charge in [-0.15, -0.1) is 0 Å². The van der Waals surface area contributed by atoms with Gasteiger partial charge in [0.2, 0.25) is 0 Å². The summed E-state index contributed by atoms with van der Waals surface area (Å²) in [5, 5.41) is 4.90. The topological polar surface area (TPSA) is 15.3 Å². The highest BCUT2D eigenvalue weighted by Gasteiger charge is 2.10. The number of rotatable bonds is 5. The predicted octanol–water partition coefficient (Wildman–Crippen LogP) is 5.23. The molecule has 1 atom stereocenters. The molecule has 0 aromatic heterocycles. The van der Waals surface area contributed by atoms with Crippen molar-refractivity contribution in [1.29, 1.82) is 0 Å². The van der Waals surface area contributed by atoms with Crippen molar-refractivity contribution in [3.05, 3.63) is 63.6 Å². The molecule has 2 aromatic carbocycles. The number of halogens is 2. The molecule has 0 radical (unpaired) electrons. The quantitative estimate of drug-likeness (QED) is 0.811. The monoisotopic (exact) mass is 322 g/mol. The molecule has 0 heterocycles. The highest BCUT2D eigenvalue weighted by atomic mass is 35.5. The number of hydrogen-bond donors (Lipinski definition) is 1. The second-order valence-corrected chi connectivity index (χ2v) is 6.31. The molecule has 0 amide bonds. The van der Waals surface area contributed by atoms with Crippen molar-refractivity contribution in [2.24, 2.45) is 0 Å². The van der Waals surface area contributed by atoms with E-state index < -0.39 is 0 Å². The highest BCUT2D eigenvalue weighted by molar-refractivity contribution is 6.33. The fourth-order valence-corrected chi connectivity index (χ4v) is 2.76. The molecule has 2 rings (SSSR count). The molecule has 0 aliphatic carbocycles. The smallest absolute Gasteiger partial charge is 0.0500 e. The molecule has 0 aliphatic rings. The third kappa shape index (κ3) is 4.63. The third-order valence-electron chi connectivity index (χ3n) is 3.23. The maximum Gasteiger partial charge on any atom is 0.0500 e. The molecule has 0 saturated heterocycles. The predicted molar refractivity (Wildman–Crippen MR) is 92.3 cm³/mol. The Morgan fingerprint density at radius 2 is 1.86 bits per heavy atom. The molecule has 21 heavy (non-hydrogen) atoms. The van der Waals surface area contributed by atoms with Crippen molar-refractivity contribution in [1.82, 2.24) is 4.90 Å². The van der Waals surface area contributed by atoms with Crippen LogP contribution >= 0.6 is 23.2 Å². The van der Waals surface area contributed by atoms with Crippen LogP contribution in [0.5, 0.6) is 0 Å². The number of nitrogens with zero attached hydrogens (tertiary/aromatic N) is 1. The van der Waals surface area contributed by atoms with Crippen LogP contribution in [0.4, 0.5) is 5.69 Å². The van der Waals surface area contributed by atoms with Crippen LogP contribution in [0.15, 0.2) is 42.5 Å². The Kier molecular flexibility index (Phi) is 5.51. The molecule has 0 bridgehead atoms. The summed E-state index contributed by atoms with van der Waals surface area (Å²) in [4.78, 5) is 2.15. The van der Waals surface area contributed by atoms with E-state index in [9.17, 15) is 0 Å². The minimum Gasteiger partial charge on any atom is -0.378 e. The average molecular weight is 323 g/mol. The van der Waals surface area contributed by atoms with E-state index in [1.165, 1.54) is 5.56 Å². The number of nitrogens with one attached hydrogen (secondary N) is 1. The van der Waals surface area contributed by atoms with Gasteiger partial charge in [0, 0.05) is 22.3 Å². The van der Waals surface area contributed by atoms with Crippen molar-refractivity contribution >= 4 is 28.9 Å². The lowest BCUT2D eigenvalue weighted by Crippen LogP contribution is -2.11. The molecule has 4 heteroatoms. The van der Waals surface area contributed by atoms with E-state index in [-0.39, 0.29) is 6.04 Å². The van der Waals surface area contributed by atoms with Crippen LogP contribution in [0.2, 0.25) is 10.0 Å². The molecule has 2 nitrogen and oxygen atoms in total. The van der Waals surface area contributed by atoms with Crippen molar-refractivity contribution in [2.45, 2.75) is 19.5 Å². The minimum atomic E-state index is 0.0887. The van der Waals surface area contributed by atoms with Crippen molar-refractivity contribution in [3.8, 4) is 0 Å². The van der Waals surface area contributed by atoms with Crippen molar-refractivity contribution in [2.75, 3.05) is 19.4 Å². The summed E-state index contributed by atoms with van der Waals surface area (Å²) in [6.07, 6.45) is 0. The van der Waals surface area contributed by atoms with Crippen LogP contribution in [-0.2, 0) is 6.54 Å². The summed E-state index contributed by atoms with van der Waals surface area (Å²) >= 11 is 12.3. The van der Waals surface area contributed by atoms with Gasteiger partial charge in [0.25, 0.3) is 0 Å². The van der Waals surface area contributed by atoms with Crippen molar-refractivity contribution in [3.63, 3.8) is 0 Å². The Balaban J connectivity index is 2.15. The van der Waals surface area contributed by atoms with E-state index in [1.54, 1.807) is 6.07 Å². The Morgan fingerprint density at radius 1 is 1.10 bits per heavy atom. The zero-order chi connectivity index (χ0) is 15.4. The summed E-state index contributed by atoms with van der Waals surface area (Å²) in [7, 11) is 4.13. The fraction of sp³-hybridized carbons (Fsp3) is 0.294. The van der Waals surface area contributed by atoms with E-state index >= 15 is 0 Å². The maximum absolute atomic E-state index is 6.25. The van der Waals surface area contributed by atoms with Gasteiger partial charge in [0.1, 0.15) is 0 Å². The van der Waals surface area contributed by atoms with E-state index in [2.05, 4.69) is 55.5 Å². The van der Waals surface area contributed by atoms with Gasteiger partial charge in [-0.3, -0.25) is 0 Å². The Morgan fingerprint density at radius 3 is 2.57 bits per heavy atom. The zero-order valence-corrected chi connectivity index (χ0v) is 14.0. The first-order chi connectivity index (χ1) is 9.95. The standard InChI is InChI=1S/C17H20Cl2N2/c1-12(16-10-14(18)7-8-17(16)19)20-15-6-4-5-13(9-15)11-21(2)3/h4-10,12,20H,11H2,1-3H3. The minimum absolute atomic E-state index is 0.0887. The Labute approximate surface area is 136 Å². The molecule has 1 N–H and O–H groups in total. The highest BCUT2D eigenvalue weighted by Crippen LogP contribution is 2.28. The van der Waals surface area contributed by atoms with Crippen LogP contribution in [0, 0.1) is 0 Å². The first-order valence-electron chi connectivity index (χ1n) is 6.91. The number of benzene rings is 2. The van der Waals surface area contributed by atoms with Crippen LogP contribution in [-0.4, -0.2) is 19.0 Å². The van der Waals surface area contributed by atoms with Gasteiger partial charge < -0.3 is 10.2 Å². The normalized spacial score (nSPS) is 12.5. The third-order valence-corrected chi connectivity index (χ3v) is 3.81. The molecular weight excluding hydrogens is 303 g/mol. The largest absolute Gasteiger partial charge is 0.378 e. The lowest BCUT2D eigenvalue weighted by atomic mass is 10.1. The first kappa shape index (κ1) is 16.2. The molecular formula is C17H20Cl2N2. The molecule has 112 valence electrons. The second-order valence-electron chi connectivity index (χ2n) is 5.47. The molecule has 0 spiro atoms. The Bertz CT molecular complexity index is 611. The van der Waals surface area contributed by atoms with E-state index in [0.717, 1.165) is 22.8 Å². The summed E-state index contributed by atoms with van der Waals surface area (Å²) in [5.41, 5.74) is 3.36. The van der Waals surface area contributed by atoms with Gasteiger partial charge in [-0.05, 0) is 62.5 Å². The summed E-state index contributed by atoms with van der Waals surface area (Å²) in [6.45, 7) is 3.00. The summed E-state index contributed by atoms with van der Waals surface area (Å²) in [6, 6.07) is 14.0. The lowest BCUT2D eigenvalue weighted by Gasteiger charge is -2.18. The Hall–Kier alpha value is -1.22. The fourth-order valence-electron chi connectivity index (χ4n) is 2.30. The van der Waals surface area contributed by atoms with Gasteiger partial charge in [-0.1, -0.05) is 35.3 Å². The average Bonchev–Trinajstić information content (AvgIpc) is 2.41. The van der Waals surface area contributed by atoms with Gasteiger partial charge in [-0.2, -0.15) is 0 Å². The molecule has 0 fully saturated rings.